The standard InChI is InChI=1S/C17H26N2O4S/c1-4-24(21,22)19-10-8-14(9-11-19)17(20)18-15-6-5-7-16(12-15)23-13(2)3/h5-7,12-14H,4,8-11H2,1-3H3,(H,18,20). The molecule has 1 aromatic rings. The Kier molecular flexibility index (Phi) is 6.23. The quantitative estimate of drug-likeness (QED) is 0.851. The lowest BCUT2D eigenvalue weighted by molar-refractivity contribution is -0.120. The molecule has 1 fully saturated rings. The fraction of sp³-hybridized carbons (Fsp3) is 0.588. The number of nitrogens with zero attached hydrogens (tertiary/aromatic N) is 1. The maximum absolute atomic E-state index is 12.4. The molecule has 1 aliphatic heterocycles. The number of carbonyl (C=O) groups excluding carboxylic acids is 1. The van der Waals surface area contributed by atoms with Gasteiger partial charge in [0.2, 0.25) is 15.9 Å². The van der Waals surface area contributed by atoms with E-state index < -0.39 is 10.0 Å². The summed E-state index contributed by atoms with van der Waals surface area (Å²) in [7, 11) is -3.16. The van der Waals surface area contributed by atoms with Crippen molar-refractivity contribution in [2.45, 2.75) is 39.7 Å². The van der Waals surface area contributed by atoms with Crippen LogP contribution in [0.5, 0.6) is 5.75 Å². The van der Waals surface area contributed by atoms with Gasteiger partial charge in [0.1, 0.15) is 5.75 Å². The van der Waals surface area contributed by atoms with E-state index in [2.05, 4.69) is 5.32 Å². The molecular weight excluding hydrogens is 328 g/mol. The number of anilines is 1. The Morgan fingerprint density at radius 2 is 2.00 bits per heavy atom. The van der Waals surface area contributed by atoms with Crippen molar-refractivity contribution in [3.8, 4) is 5.75 Å². The van der Waals surface area contributed by atoms with Crippen LogP contribution in [0.15, 0.2) is 24.3 Å². The molecule has 0 saturated carbocycles. The number of nitrogens with one attached hydrogen (secondary N) is 1. The first-order valence-corrected chi connectivity index (χ1v) is 9.98. The minimum Gasteiger partial charge on any atom is -0.491 e. The fourth-order valence-corrected chi connectivity index (χ4v) is 3.87. The van der Waals surface area contributed by atoms with Crippen molar-refractivity contribution < 1.29 is 17.9 Å². The third-order valence-electron chi connectivity index (χ3n) is 4.06. The molecule has 7 heteroatoms. The van der Waals surface area contributed by atoms with Crippen LogP contribution in [0.4, 0.5) is 5.69 Å². The number of rotatable bonds is 6. The SMILES string of the molecule is CCS(=O)(=O)N1CCC(C(=O)Nc2cccc(OC(C)C)c2)CC1. The van der Waals surface area contributed by atoms with Gasteiger partial charge in [0.15, 0.2) is 0 Å². The molecule has 0 aromatic heterocycles. The Morgan fingerprint density at radius 3 is 2.58 bits per heavy atom. The topological polar surface area (TPSA) is 75.7 Å². The van der Waals surface area contributed by atoms with Crippen LogP contribution in [0, 0.1) is 5.92 Å². The van der Waals surface area contributed by atoms with Crippen molar-refractivity contribution in [2.24, 2.45) is 5.92 Å². The number of amides is 1. The molecule has 0 atom stereocenters. The summed E-state index contributed by atoms with van der Waals surface area (Å²) in [5.41, 5.74) is 0.696. The minimum absolute atomic E-state index is 0.0646. The average molecular weight is 354 g/mol. The number of ether oxygens (including phenoxy) is 1. The molecule has 0 radical (unpaired) electrons. The molecule has 1 saturated heterocycles. The van der Waals surface area contributed by atoms with Crippen LogP contribution in [0.25, 0.3) is 0 Å². The van der Waals surface area contributed by atoms with Gasteiger partial charge in [-0.05, 0) is 45.7 Å². The first kappa shape index (κ1) is 18.7. The van der Waals surface area contributed by atoms with Crippen LogP contribution < -0.4 is 10.1 Å². The van der Waals surface area contributed by atoms with Gasteiger partial charge in [0.25, 0.3) is 0 Å². The van der Waals surface area contributed by atoms with Crippen LogP contribution in [0.2, 0.25) is 0 Å². The third-order valence-corrected chi connectivity index (χ3v) is 5.94. The van der Waals surface area contributed by atoms with Crippen molar-refractivity contribution in [1.29, 1.82) is 0 Å². The summed E-state index contributed by atoms with van der Waals surface area (Å²) < 4.78 is 30.8. The van der Waals surface area contributed by atoms with Gasteiger partial charge in [0.05, 0.1) is 11.9 Å². The Hall–Kier alpha value is -1.60. The molecule has 1 aliphatic rings. The number of hydrogen-bond donors (Lipinski definition) is 1. The maximum Gasteiger partial charge on any atom is 0.227 e. The smallest absolute Gasteiger partial charge is 0.227 e. The van der Waals surface area contributed by atoms with E-state index in [-0.39, 0.29) is 23.7 Å². The molecule has 2 rings (SSSR count). The highest BCUT2D eigenvalue weighted by molar-refractivity contribution is 7.89. The molecule has 0 bridgehead atoms. The monoisotopic (exact) mass is 354 g/mol. The van der Waals surface area contributed by atoms with Crippen LogP contribution in [0.3, 0.4) is 0 Å². The first-order chi connectivity index (χ1) is 11.3. The molecule has 1 N–H and O–H groups in total. The number of sulfonamides is 1. The van der Waals surface area contributed by atoms with Gasteiger partial charge in [0, 0.05) is 30.8 Å². The zero-order valence-electron chi connectivity index (χ0n) is 14.5. The van der Waals surface area contributed by atoms with E-state index in [0.29, 0.717) is 37.4 Å². The Morgan fingerprint density at radius 1 is 1.33 bits per heavy atom. The number of hydrogen-bond acceptors (Lipinski definition) is 4. The highest BCUT2D eigenvalue weighted by Gasteiger charge is 2.30. The molecular formula is C17H26N2O4S. The summed E-state index contributed by atoms with van der Waals surface area (Å²) in [5.74, 6) is 0.590. The Labute approximate surface area is 144 Å². The lowest BCUT2D eigenvalue weighted by atomic mass is 9.97. The van der Waals surface area contributed by atoms with E-state index >= 15 is 0 Å². The summed E-state index contributed by atoms with van der Waals surface area (Å²) in [4.78, 5) is 12.4. The summed E-state index contributed by atoms with van der Waals surface area (Å²) in [5, 5.41) is 2.91. The van der Waals surface area contributed by atoms with Crippen LogP contribution >= 0.6 is 0 Å². The van der Waals surface area contributed by atoms with Crippen molar-refractivity contribution >= 4 is 21.6 Å². The minimum atomic E-state index is -3.16. The summed E-state index contributed by atoms with van der Waals surface area (Å²) in [6.45, 7) is 6.35. The highest BCUT2D eigenvalue weighted by Crippen LogP contribution is 2.23. The van der Waals surface area contributed by atoms with Crippen molar-refractivity contribution in [1.82, 2.24) is 4.31 Å². The number of benzene rings is 1. The van der Waals surface area contributed by atoms with Crippen molar-refractivity contribution in [3.05, 3.63) is 24.3 Å². The van der Waals surface area contributed by atoms with Gasteiger partial charge in [-0.15, -0.1) is 0 Å². The number of carbonyl (C=O) groups is 1. The second-order valence-corrected chi connectivity index (χ2v) is 8.52. The van der Waals surface area contributed by atoms with Crippen LogP contribution in [-0.4, -0.2) is 43.6 Å². The van der Waals surface area contributed by atoms with E-state index in [9.17, 15) is 13.2 Å². The van der Waals surface area contributed by atoms with Crippen LogP contribution in [-0.2, 0) is 14.8 Å². The summed E-state index contributed by atoms with van der Waals surface area (Å²) in [6.07, 6.45) is 1.17. The van der Waals surface area contributed by atoms with Crippen LogP contribution in [0.1, 0.15) is 33.6 Å². The third kappa shape index (κ3) is 4.95. The molecule has 6 nitrogen and oxygen atoms in total. The molecule has 1 amide bonds. The van der Waals surface area contributed by atoms with Gasteiger partial charge < -0.3 is 10.1 Å². The van der Waals surface area contributed by atoms with Crippen molar-refractivity contribution in [3.63, 3.8) is 0 Å². The van der Waals surface area contributed by atoms with Gasteiger partial charge >= 0.3 is 0 Å². The zero-order chi connectivity index (χ0) is 17.7. The lowest BCUT2D eigenvalue weighted by Crippen LogP contribution is -2.42. The molecule has 0 spiro atoms. The average Bonchev–Trinajstić information content (AvgIpc) is 2.54. The molecule has 0 aliphatic carbocycles. The second-order valence-electron chi connectivity index (χ2n) is 6.26. The van der Waals surface area contributed by atoms with E-state index in [1.165, 1.54) is 4.31 Å². The predicted octanol–water partition coefficient (Wildman–Crippen LogP) is 2.47. The molecule has 1 heterocycles. The van der Waals surface area contributed by atoms with Crippen molar-refractivity contribution in [2.75, 3.05) is 24.2 Å². The Balaban J connectivity index is 1.92. The zero-order valence-corrected chi connectivity index (χ0v) is 15.3. The molecule has 24 heavy (non-hydrogen) atoms. The lowest BCUT2D eigenvalue weighted by Gasteiger charge is -2.30. The fourth-order valence-electron chi connectivity index (χ4n) is 2.74. The van der Waals surface area contributed by atoms with Gasteiger partial charge in [-0.1, -0.05) is 6.07 Å². The Bertz CT molecular complexity index is 665. The van der Waals surface area contributed by atoms with Gasteiger partial charge in [-0.2, -0.15) is 0 Å². The molecule has 1 aromatic carbocycles. The highest BCUT2D eigenvalue weighted by atomic mass is 32.2. The van der Waals surface area contributed by atoms with Gasteiger partial charge in [-0.25, -0.2) is 12.7 Å². The van der Waals surface area contributed by atoms with E-state index in [4.69, 9.17) is 4.74 Å². The second kappa shape index (κ2) is 7.98. The van der Waals surface area contributed by atoms with E-state index in [1.807, 2.05) is 32.0 Å². The van der Waals surface area contributed by atoms with E-state index in [0.717, 1.165) is 0 Å². The maximum atomic E-state index is 12.4. The van der Waals surface area contributed by atoms with Gasteiger partial charge in [-0.3, -0.25) is 4.79 Å². The first-order valence-electron chi connectivity index (χ1n) is 8.37. The van der Waals surface area contributed by atoms with E-state index in [1.54, 1.807) is 13.0 Å². The summed E-state index contributed by atoms with van der Waals surface area (Å²) in [6, 6.07) is 7.31. The normalized spacial score (nSPS) is 17.0. The molecule has 134 valence electrons. The summed E-state index contributed by atoms with van der Waals surface area (Å²) >= 11 is 0. The predicted molar refractivity (Wildman–Crippen MR) is 94.6 cm³/mol. The number of piperidine rings is 1. The molecule has 0 unspecified atom stereocenters. The largest absolute Gasteiger partial charge is 0.491 e.